The van der Waals surface area contributed by atoms with Gasteiger partial charge in [0.15, 0.2) is 11.5 Å². The van der Waals surface area contributed by atoms with Gasteiger partial charge in [-0.2, -0.15) is 0 Å². The van der Waals surface area contributed by atoms with Crippen molar-refractivity contribution in [3.8, 4) is 17.2 Å². The maximum atomic E-state index is 12.5. The highest BCUT2D eigenvalue weighted by atomic mass is 16.5. The summed E-state index contributed by atoms with van der Waals surface area (Å²) in [5, 5.41) is 9.41. The zero-order valence-corrected chi connectivity index (χ0v) is 17.2. The van der Waals surface area contributed by atoms with E-state index in [0.717, 1.165) is 45.3 Å². The van der Waals surface area contributed by atoms with Crippen molar-refractivity contribution in [3.05, 3.63) is 17.7 Å². The first-order chi connectivity index (χ1) is 13.2. The molecule has 0 aromatic heterocycles. The minimum atomic E-state index is -0.147. The molecule has 0 atom stereocenters. The summed E-state index contributed by atoms with van der Waals surface area (Å²) in [6, 6.07) is 3.39. The Bertz CT molecular complexity index is 552. The first kappa shape index (κ1) is 23.0. The lowest BCUT2D eigenvalue weighted by Crippen LogP contribution is -2.28. The molecule has 0 aliphatic carbocycles. The summed E-state index contributed by atoms with van der Waals surface area (Å²) in [6.45, 7) is 6.13. The van der Waals surface area contributed by atoms with Crippen LogP contribution in [0.25, 0.3) is 0 Å². The van der Waals surface area contributed by atoms with Gasteiger partial charge in [0.05, 0.1) is 20.8 Å². The van der Waals surface area contributed by atoms with Crippen molar-refractivity contribution in [2.75, 3.05) is 54.1 Å². The molecule has 154 valence electrons. The topological polar surface area (TPSA) is 80.9 Å². The van der Waals surface area contributed by atoms with Gasteiger partial charge < -0.3 is 30.2 Å². The Morgan fingerprint density at radius 3 is 2.30 bits per heavy atom. The van der Waals surface area contributed by atoms with Crippen molar-refractivity contribution >= 4 is 5.91 Å². The standard InChI is InChI=1S/C20H35N3O4/c1-5-6-13-27-18-15-16(14-17(25-3)19(18)26-4)20(24)23-12-8-11-22-10-7-9-21-2/h14-15,21-22H,5-13H2,1-4H3,(H,23,24). The number of rotatable bonds is 15. The van der Waals surface area contributed by atoms with Gasteiger partial charge in [0.1, 0.15) is 0 Å². The van der Waals surface area contributed by atoms with Gasteiger partial charge in [-0.3, -0.25) is 4.79 Å². The number of nitrogens with one attached hydrogen (secondary N) is 3. The highest BCUT2D eigenvalue weighted by Gasteiger charge is 2.17. The Morgan fingerprint density at radius 2 is 1.67 bits per heavy atom. The van der Waals surface area contributed by atoms with Crippen LogP contribution >= 0.6 is 0 Å². The number of hydrogen-bond donors (Lipinski definition) is 3. The van der Waals surface area contributed by atoms with Crippen molar-refractivity contribution < 1.29 is 19.0 Å². The predicted molar refractivity (Wildman–Crippen MR) is 108 cm³/mol. The fourth-order valence-corrected chi connectivity index (χ4v) is 2.53. The Balaban J connectivity index is 2.58. The third kappa shape index (κ3) is 8.49. The molecule has 27 heavy (non-hydrogen) atoms. The molecular formula is C20H35N3O4. The normalized spacial score (nSPS) is 10.5. The number of unbranched alkanes of at least 4 members (excludes halogenated alkanes) is 1. The monoisotopic (exact) mass is 381 g/mol. The lowest BCUT2D eigenvalue weighted by atomic mass is 10.1. The molecule has 0 heterocycles. The summed E-state index contributed by atoms with van der Waals surface area (Å²) >= 11 is 0. The number of benzene rings is 1. The maximum Gasteiger partial charge on any atom is 0.251 e. The number of carbonyl (C=O) groups is 1. The molecule has 0 saturated heterocycles. The highest BCUT2D eigenvalue weighted by molar-refractivity contribution is 5.95. The second-order valence-electron chi connectivity index (χ2n) is 6.23. The van der Waals surface area contributed by atoms with E-state index in [-0.39, 0.29) is 5.91 Å². The zero-order valence-electron chi connectivity index (χ0n) is 17.2. The quantitative estimate of drug-likeness (QED) is 0.404. The molecule has 0 aliphatic heterocycles. The van der Waals surface area contributed by atoms with Crippen LogP contribution in [-0.2, 0) is 0 Å². The van der Waals surface area contributed by atoms with Crippen molar-refractivity contribution in [3.63, 3.8) is 0 Å². The van der Waals surface area contributed by atoms with E-state index < -0.39 is 0 Å². The molecule has 7 nitrogen and oxygen atoms in total. The van der Waals surface area contributed by atoms with Gasteiger partial charge in [0.2, 0.25) is 5.75 Å². The van der Waals surface area contributed by atoms with E-state index in [4.69, 9.17) is 14.2 Å². The number of carbonyl (C=O) groups excluding carboxylic acids is 1. The van der Waals surface area contributed by atoms with Crippen molar-refractivity contribution in [1.82, 2.24) is 16.0 Å². The molecule has 1 amide bonds. The average molecular weight is 382 g/mol. The lowest BCUT2D eigenvalue weighted by Gasteiger charge is -2.15. The summed E-state index contributed by atoms with van der Waals surface area (Å²) in [5.41, 5.74) is 0.501. The van der Waals surface area contributed by atoms with Gasteiger partial charge in [0, 0.05) is 12.1 Å². The SMILES string of the molecule is CCCCOc1cc(C(=O)NCCCNCCCNC)cc(OC)c1OC. The lowest BCUT2D eigenvalue weighted by molar-refractivity contribution is 0.0952. The van der Waals surface area contributed by atoms with Crippen molar-refractivity contribution in [2.45, 2.75) is 32.6 Å². The second kappa shape index (κ2) is 14.1. The Morgan fingerprint density at radius 1 is 0.963 bits per heavy atom. The van der Waals surface area contributed by atoms with E-state index >= 15 is 0 Å². The molecule has 0 aliphatic rings. The summed E-state index contributed by atoms with van der Waals surface area (Å²) in [7, 11) is 5.06. The molecule has 7 heteroatoms. The molecule has 1 aromatic carbocycles. The van der Waals surface area contributed by atoms with Gasteiger partial charge in [-0.25, -0.2) is 0 Å². The van der Waals surface area contributed by atoms with E-state index in [2.05, 4.69) is 22.9 Å². The number of ether oxygens (including phenoxy) is 3. The molecule has 1 aromatic rings. The minimum Gasteiger partial charge on any atom is -0.493 e. The molecule has 0 spiro atoms. The molecular weight excluding hydrogens is 346 g/mol. The van der Waals surface area contributed by atoms with Crippen LogP contribution < -0.4 is 30.2 Å². The second-order valence-corrected chi connectivity index (χ2v) is 6.23. The van der Waals surface area contributed by atoms with Crippen LogP contribution in [0.5, 0.6) is 17.2 Å². The van der Waals surface area contributed by atoms with E-state index in [9.17, 15) is 4.79 Å². The summed E-state index contributed by atoms with van der Waals surface area (Å²) in [4.78, 5) is 12.5. The molecule has 0 bridgehead atoms. The van der Waals surface area contributed by atoms with Crippen LogP contribution in [0.4, 0.5) is 0 Å². The van der Waals surface area contributed by atoms with Gasteiger partial charge >= 0.3 is 0 Å². The van der Waals surface area contributed by atoms with E-state index in [1.54, 1.807) is 26.4 Å². The van der Waals surface area contributed by atoms with Crippen LogP contribution in [0, 0.1) is 0 Å². The summed E-state index contributed by atoms with van der Waals surface area (Å²) in [6.07, 6.45) is 3.93. The minimum absolute atomic E-state index is 0.147. The summed E-state index contributed by atoms with van der Waals surface area (Å²) in [5.74, 6) is 1.38. The van der Waals surface area contributed by atoms with Crippen molar-refractivity contribution in [2.24, 2.45) is 0 Å². The smallest absolute Gasteiger partial charge is 0.251 e. The third-order valence-electron chi connectivity index (χ3n) is 4.06. The van der Waals surface area contributed by atoms with Crippen LogP contribution in [0.2, 0.25) is 0 Å². The first-order valence-corrected chi connectivity index (χ1v) is 9.70. The maximum absolute atomic E-state index is 12.5. The fraction of sp³-hybridized carbons (Fsp3) is 0.650. The highest BCUT2D eigenvalue weighted by Crippen LogP contribution is 2.38. The van der Waals surface area contributed by atoms with Crippen LogP contribution in [0.15, 0.2) is 12.1 Å². The Kier molecular flexibility index (Phi) is 12.1. The number of amides is 1. The van der Waals surface area contributed by atoms with Crippen molar-refractivity contribution in [1.29, 1.82) is 0 Å². The average Bonchev–Trinajstić information content (AvgIpc) is 2.69. The Labute approximate surface area is 163 Å². The van der Waals surface area contributed by atoms with Gasteiger partial charge in [0.25, 0.3) is 5.91 Å². The molecule has 0 saturated carbocycles. The molecule has 3 N–H and O–H groups in total. The number of hydrogen-bond acceptors (Lipinski definition) is 6. The molecule has 0 radical (unpaired) electrons. The zero-order chi connectivity index (χ0) is 19.9. The summed E-state index contributed by atoms with van der Waals surface area (Å²) < 4.78 is 16.5. The third-order valence-corrected chi connectivity index (χ3v) is 4.06. The van der Waals surface area contributed by atoms with Gasteiger partial charge in [-0.05, 0) is 58.1 Å². The number of methoxy groups -OCH3 is 2. The van der Waals surface area contributed by atoms with Gasteiger partial charge in [-0.1, -0.05) is 13.3 Å². The van der Waals surface area contributed by atoms with Crippen LogP contribution in [-0.4, -0.2) is 60.0 Å². The van der Waals surface area contributed by atoms with Crippen LogP contribution in [0.3, 0.4) is 0 Å². The Hall–Kier alpha value is -1.99. The molecule has 0 unspecified atom stereocenters. The first-order valence-electron chi connectivity index (χ1n) is 9.70. The van der Waals surface area contributed by atoms with E-state index in [1.807, 2.05) is 7.05 Å². The molecule has 0 fully saturated rings. The van der Waals surface area contributed by atoms with E-state index in [1.165, 1.54) is 0 Å². The largest absolute Gasteiger partial charge is 0.493 e. The van der Waals surface area contributed by atoms with Gasteiger partial charge in [-0.15, -0.1) is 0 Å². The molecule has 1 rings (SSSR count). The van der Waals surface area contributed by atoms with Crippen LogP contribution in [0.1, 0.15) is 43.0 Å². The predicted octanol–water partition coefficient (Wildman–Crippen LogP) is 2.20. The fourth-order valence-electron chi connectivity index (χ4n) is 2.53. The van der Waals surface area contributed by atoms with E-state index in [0.29, 0.717) is 36.0 Å².